The van der Waals surface area contributed by atoms with Gasteiger partial charge in [0.2, 0.25) is 0 Å². The molecule has 104 valence electrons. The van der Waals surface area contributed by atoms with Gasteiger partial charge in [-0.05, 0) is 24.0 Å². The van der Waals surface area contributed by atoms with Crippen molar-refractivity contribution in [1.82, 2.24) is 0 Å². The molecular formula is C14H16F3NO. The van der Waals surface area contributed by atoms with Crippen LogP contribution in [0.5, 0.6) is 5.75 Å². The SMILES string of the molecule is FC(F)(F)Oc1cccc2c1NCC2CC1CCC1. The maximum Gasteiger partial charge on any atom is 0.573 e. The Morgan fingerprint density at radius 3 is 2.68 bits per heavy atom. The van der Waals surface area contributed by atoms with Gasteiger partial charge in [0, 0.05) is 12.5 Å². The van der Waals surface area contributed by atoms with Gasteiger partial charge < -0.3 is 10.1 Å². The number of hydrogen-bond acceptors (Lipinski definition) is 2. The largest absolute Gasteiger partial charge is 0.573 e. The molecule has 2 aliphatic rings. The van der Waals surface area contributed by atoms with Crippen LogP contribution in [0.2, 0.25) is 0 Å². The molecule has 0 bridgehead atoms. The quantitative estimate of drug-likeness (QED) is 0.885. The second kappa shape index (κ2) is 4.62. The Balaban J connectivity index is 1.79. The molecule has 19 heavy (non-hydrogen) atoms. The predicted octanol–water partition coefficient (Wildman–Crippen LogP) is 4.28. The molecule has 0 saturated heterocycles. The number of para-hydroxylation sites is 1. The van der Waals surface area contributed by atoms with Crippen LogP contribution in [0, 0.1) is 5.92 Å². The fourth-order valence-electron chi connectivity index (χ4n) is 2.96. The van der Waals surface area contributed by atoms with Crippen LogP contribution >= 0.6 is 0 Å². The Hall–Kier alpha value is -1.39. The molecule has 1 atom stereocenters. The van der Waals surface area contributed by atoms with Gasteiger partial charge in [0.1, 0.15) is 0 Å². The van der Waals surface area contributed by atoms with Crippen LogP contribution in [-0.4, -0.2) is 12.9 Å². The topological polar surface area (TPSA) is 21.3 Å². The maximum absolute atomic E-state index is 12.3. The first-order valence-electron chi connectivity index (χ1n) is 6.65. The van der Waals surface area contributed by atoms with Gasteiger partial charge in [0.15, 0.2) is 5.75 Å². The molecule has 1 aliphatic heterocycles. The van der Waals surface area contributed by atoms with E-state index in [-0.39, 0.29) is 5.75 Å². The molecule has 0 aromatic heterocycles. The Morgan fingerprint density at radius 1 is 1.26 bits per heavy atom. The summed E-state index contributed by atoms with van der Waals surface area (Å²) in [7, 11) is 0. The Labute approximate surface area is 109 Å². The molecule has 0 radical (unpaired) electrons. The number of halogens is 3. The molecule has 1 unspecified atom stereocenters. The standard InChI is InChI=1S/C14H16F3NO/c15-14(16,17)19-12-6-2-5-11-10(8-18-13(11)12)7-9-3-1-4-9/h2,5-6,9-10,18H,1,3-4,7-8H2. The summed E-state index contributed by atoms with van der Waals surface area (Å²) < 4.78 is 41.1. The minimum Gasteiger partial charge on any atom is -0.404 e. The molecule has 5 heteroatoms. The van der Waals surface area contributed by atoms with E-state index in [1.165, 1.54) is 25.3 Å². The highest BCUT2D eigenvalue weighted by atomic mass is 19.4. The summed E-state index contributed by atoms with van der Waals surface area (Å²) in [6, 6.07) is 4.91. The van der Waals surface area contributed by atoms with Crippen LogP contribution in [0.25, 0.3) is 0 Å². The fraction of sp³-hybridized carbons (Fsp3) is 0.571. The number of anilines is 1. The average molecular weight is 271 g/mol. The monoisotopic (exact) mass is 271 g/mol. The lowest BCUT2D eigenvalue weighted by atomic mass is 9.78. The van der Waals surface area contributed by atoms with Gasteiger partial charge in [0.25, 0.3) is 0 Å². The van der Waals surface area contributed by atoms with Gasteiger partial charge in [-0.25, -0.2) is 0 Å². The number of ether oxygens (including phenoxy) is 1. The van der Waals surface area contributed by atoms with E-state index in [0.717, 1.165) is 17.9 Å². The van der Waals surface area contributed by atoms with Gasteiger partial charge in [-0.15, -0.1) is 13.2 Å². The van der Waals surface area contributed by atoms with Gasteiger partial charge in [-0.1, -0.05) is 31.4 Å². The lowest BCUT2D eigenvalue weighted by Gasteiger charge is -2.28. The van der Waals surface area contributed by atoms with Crippen molar-refractivity contribution in [2.24, 2.45) is 5.92 Å². The van der Waals surface area contributed by atoms with Crippen molar-refractivity contribution in [2.45, 2.75) is 38.0 Å². The van der Waals surface area contributed by atoms with E-state index in [0.29, 0.717) is 18.2 Å². The van der Waals surface area contributed by atoms with Gasteiger partial charge >= 0.3 is 6.36 Å². The van der Waals surface area contributed by atoms with Crippen molar-refractivity contribution >= 4 is 5.69 Å². The lowest BCUT2D eigenvalue weighted by Crippen LogP contribution is -2.17. The first-order chi connectivity index (χ1) is 9.03. The average Bonchev–Trinajstić information content (AvgIpc) is 2.66. The smallest absolute Gasteiger partial charge is 0.404 e. The number of rotatable bonds is 3. The summed E-state index contributed by atoms with van der Waals surface area (Å²) >= 11 is 0. The van der Waals surface area contributed by atoms with E-state index < -0.39 is 6.36 Å². The fourth-order valence-corrected chi connectivity index (χ4v) is 2.96. The van der Waals surface area contributed by atoms with Gasteiger partial charge in [-0.2, -0.15) is 0 Å². The number of fused-ring (bicyclic) bond motifs is 1. The highest BCUT2D eigenvalue weighted by molar-refractivity contribution is 5.66. The van der Waals surface area contributed by atoms with Crippen molar-refractivity contribution < 1.29 is 17.9 Å². The van der Waals surface area contributed by atoms with Crippen molar-refractivity contribution in [3.63, 3.8) is 0 Å². The van der Waals surface area contributed by atoms with Crippen LogP contribution in [-0.2, 0) is 0 Å². The third-order valence-corrected chi connectivity index (χ3v) is 4.09. The zero-order valence-corrected chi connectivity index (χ0v) is 10.5. The first-order valence-corrected chi connectivity index (χ1v) is 6.65. The van der Waals surface area contributed by atoms with E-state index in [1.807, 2.05) is 6.07 Å². The molecule has 1 fully saturated rings. The normalized spacial score (nSPS) is 22.6. The molecule has 1 heterocycles. The zero-order chi connectivity index (χ0) is 13.5. The predicted molar refractivity (Wildman–Crippen MR) is 66.3 cm³/mol. The van der Waals surface area contributed by atoms with Crippen LogP contribution in [0.4, 0.5) is 18.9 Å². The van der Waals surface area contributed by atoms with Gasteiger partial charge in [0.05, 0.1) is 5.69 Å². The molecule has 1 aromatic carbocycles. The summed E-state index contributed by atoms with van der Waals surface area (Å²) in [6.07, 6.45) is 0.225. The molecular weight excluding hydrogens is 255 g/mol. The number of nitrogens with one attached hydrogen (secondary N) is 1. The second-order valence-corrected chi connectivity index (χ2v) is 5.38. The van der Waals surface area contributed by atoms with Crippen molar-refractivity contribution in [2.75, 3.05) is 11.9 Å². The third-order valence-electron chi connectivity index (χ3n) is 4.09. The van der Waals surface area contributed by atoms with Crippen LogP contribution in [0.1, 0.15) is 37.2 Å². The Morgan fingerprint density at radius 2 is 2.05 bits per heavy atom. The summed E-state index contributed by atoms with van der Waals surface area (Å²) in [4.78, 5) is 0. The lowest BCUT2D eigenvalue weighted by molar-refractivity contribution is -0.274. The number of hydrogen-bond donors (Lipinski definition) is 1. The van der Waals surface area contributed by atoms with Gasteiger partial charge in [-0.3, -0.25) is 0 Å². The van der Waals surface area contributed by atoms with Crippen molar-refractivity contribution in [1.29, 1.82) is 0 Å². The van der Waals surface area contributed by atoms with E-state index in [1.54, 1.807) is 6.07 Å². The number of benzene rings is 1. The highest BCUT2D eigenvalue weighted by Gasteiger charge is 2.35. The van der Waals surface area contributed by atoms with E-state index in [4.69, 9.17) is 0 Å². The molecule has 1 N–H and O–H groups in total. The minimum absolute atomic E-state index is 0.110. The van der Waals surface area contributed by atoms with E-state index in [2.05, 4.69) is 10.1 Å². The minimum atomic E-state index is -4.64. The molecule has 1 aliphatic carbocycles. The van der Waals surface area contributed by atoms with Crippen LogP contribution in [0.3, 0.4) is 0 Å². The van der Waals surface area contributed by atoms with Crippen molar-refractivity contribution in [3.8, 4) is 5.75 Å². The molecule has 0 amide bonds. The van der Waals surface area contributed by atoms with Crippen molar-refractivity contribution in [3.05, 3.63) is 23.8 Å². The first kappa shape index (κ1) is 12.6. The Kier molecular flexibility index (Phi) is 3.07. The number of alkyl halides is 3. The molecule has 2 nitrogen and oxygen atoms in total. The molecule has 3 rings (SSSR count). The third kappa shape index (κ3) is 2.65. The molecule has 1 aromatic rings. The molecule has 0 spiro atoms. The summed E-state index contributed by atoms with van der Waals surface area (Å²) in [5.41, 5.74) is 1.48. The summed E-state index contributed by atoms with van der Waals surface area (Å²) in [6.45, 7) is 0.712. The van der Waals surface area contributed by atoms with Crippen LogP contribution in [0.15, 0.2) is 18.2 Å². The van der Waals surface area contributed by atoms with Crippen LogP contribution < -0.4 is 10.1 Å². The van der Waals surface area contributed by atoms with E-state index >= 15 is 0 Å². The molecule has 1 saturated carbocycles. The Bertz CT molecular complexity index is 468. The second-order valence-electron chi connectivity index (χ2n) is 5.38. The zero-order valence-electron chi connectivity index (χ0n) is 10.5. The summed E-state index contributed by atoms with van der Waals surface area (Å²) in [5, 5.41) is 3.07. The summed E-state index contributed by atoms with van der Waals surface area (Å²) in [5.74, 6) is 0.947. The maximum atomic E-state index is 12.3. The van der Waals surface area contributed by atoms with E-state index in [9.17, 15) is 13.2 Å². The highest BCUT2D eigenvalue weighted by Crippen LogP contribution is 2.45.